The van der Waals surface area contributed by atoms with E-state index >= 15 is 0 Å². The van der Waals surface area contributed by atoms with Crippen LogP contribution < -0.4 is 9.64 Å². The van der Waals surface area contributed by atoms with Gasteiger partial charge in [-0.3, -0.25) is 4.79 Å². The van der Waals surface area contributed by atoms with Crippen LogP contribution in [0.5, 0.6) is 5.75 Å². The van der Waals surface area contributed by atoms with Crippen LogP contribution in [0.15, 0.2) is 53.4 Å². The second-order valence-electron chi connectivity index (χ2n) is 6.74. The number of aliphatic hydroxyl groups excluding tert-OH is 1. The van der Waals surface area contributed by atoms with Gasteiger partial charge < -0.3 is 19.6 Å². The molecular formula is C22H28N2O3S. The van der Waals surface area contributed by atoms with Crippen LogP contribution in [0.25, 0.3) is 0 Å². The number of hydrogen-bond acceptors (Lipinski definition) is 5. The third-order valence-corrected chi connectivity index (χ3v) is 6.58. The molecular weight excluding hydrogens is 372 g/mol. The number of fused-ring (bicyclic) bond motifs is 1. The Labute approximate surface area is 171 Å². The first-order valence-corrected chi connectivity index (χ1v) is 10.6. The number of rotatable bonds is 7. The number of hydrogen-bond donors (Lipinski definition) is 1. The molecule has 2 atom stereocenters. The second-order valence-corrected chi connectivity index (χ2v) is 7.92. The largest absolute Gasteiger partial charge is 0.497 e. The van der Waals surface area contributed by atoms with Gasteiger partial charge in [-0.1, -0.05) is 38.1 Å². The lowest BCUT2D eigenvalue weighted by atomic mass is 10.1. The number of likely N-dealkylation sites (N-methyl/N-ethyl adjacent to an activating group) is 1. The quantitative estimate of drug-likeness (QED) is 0.770. The van der Waals surface area contributed by atoms with Crippen molar-refractivity contribution in [1.82, 2.24) is 4.90 Å². The summed E-state index contributed by atoms with van der Waals surface area (Å²) in [7, 11) is 1.62. The van der Waals surface area contributed by atoms with Crippen molar-refractivity contribution in [2.24, 2.45) is 0 Å². The van der Waals surface area contributed by atoms with E-state index in [1.54, 1.807) is 12.0 Å². The number of carbonyl (C=O) groups is 1. The average molecular weight is 401 g/mol. The molecule has 28 heavy (non-hydrogen) atoms. The maximum Gasteiger partial charge on any atom is 0.257 e. The summed E-state index contributed by atoms with van der Waals surface area (Å²) in [4.78, 5) is 18.3. The van der Waals surface area contributed by atoms with E-state index < -0.39 is 6.10 Å². The van der Waals surface area contributed by atoms with E-state index in [1.165, 1.54) is 11.8 Å². The first-order chi connectivity index (χ1) is 13.6. The normalized spacial score (nSPS) is 19.5. The summed E-state index contributed by atoms with van der Waals surface area (Å²) in [6.45, 7) is 7.44. The average Bonchev–Trinajstić information content (AvgIpc) is 2.84. The van der Waals surface area contributed by atoms with Gasteiger partial charge >= 0.3 is 0 Å². The predicted octanol–water partition coefficient (Wildman–Crippen LogP) is 3.58. The molecule has 0 saturated carbocycles. The number of methoxy groups -OCH3 is 1. The van der Waals surface area contributed by atoms with Crippen LogP contribution in [0.2, 0.25) is 0 Å². The van der Waals surface area contributed by atoms with Gasteiger partial charge in [-0.15, -0.1) is 11.8 Å². The summed E-state index contributed by atoms with van der Waals surface area (Å²) in [5.41, 5.74) is 1.78. The molecule has 1 heterocycles. The number of ether oxygens (including phenoxy) is 1. The molecule has 0 saturated heterocycles. The zero-order chi connectivity index (χ0) is 20.1. The van der Waals surface area contributed by atoms with Crippen LogP contribution in [0.1, 0.15) is 24.7 Å². The monoisotopic (exact) mass is 400 g/mol. The Balaban J connectivity index is 1.92. The van der Waals surface area contributed by atoms with Gasteiger partial charge in [0.1, 0.15) is 11.9 Å². The maximum absolute atomic E-state index is 13.2. The molecule has 1 amide bonds. The molecule has 0 fully saturated rings. The molecule has 1 aliphatic rings. The van der Waals surface area contributed by atoms with Gasteiger partial charge in [-0.25, -0.2) is 0 Å². The van der Waals surface area contributed by atoms with Gasteiger partial charge in [0, 0.05) is 18.0 Å². The van der Waals surface area contributed by atoms with Crippen LogP contribution in [0.3, 0.4) is 0 Å². The first kappa shape index (κ1) is 20.7. The molecule has 1 aliphatic heterocycles. The highest BCUT2D eigenvalue weighted by Gasteiger charge is 2.37. The van der Waals surface area contributed by atoms with Gasteiger partial charge in [0.05, 0.1) is 18.0 Å². The zero-order valence-electron chi connectivity index (χ0n) is 16.7. The zero-order valence-corrected chi connectivity index (χ0v) is 17.5. The molecule has 0 bridgehead atoms. The maximum atomic E-state index is 13.2. The number of carbonyl (C=O) groups excluding carboxylic acids is 1. The standard InChI is InChI=1S/C22H28N2O3S/c1-4-23(5-2)14-15-24-18-8-6-7-9-19(18)28-21(20(25)22(24)26)16-10-12-17(27-3)13-11-16/h6-13,20-21,25H,4-5,14-15H2,1-3H3. The molecule has 5 nitrogen and oxygen atoms in total. The summed E-state index contributed by atoms with van der Waals surface area (Å²) in [5, 5.41) is 10.6. The molecule has 6 heteroatoms. The Hall–Kier alpha value is -2.02. The lowest BCUT2D eigenvalue weighted by molar-refractivity contribution is -0.126. The number of aliphatic hydroxyl groups is 1. The Morgan fingerprint density at radius 2 is 1.79 bits per heavy atom. The minimum atomic E-state index is -1.11. The van der Waals surface area contributed by atoms with Crippen molar-refractivity contribution in [2.45, 2.75) is 30.1 Å². The molecule has 2 aromatic rings. The van der Waals surface area contributed by atoms with Crippen LogP contribution in [-0.2, 0) is 4.79 Å². The van der Waals surface area contributed by atoms with Gasteiger partial charge in [0.2, 0.25) is 0 Å². The summed E-state index contributed by atoms with van der Waals surface area (Å²) >= 11 is 1.54. The molecule has 3 rings (SSSR count). The van der Waals surface area contributed by atoms with Crippen LogP contribution in [0, 0.1) is 0 Å². The van der Waals surface area contributed by atoms with Crippen molar-refractivity contribution in [2.75, 3.05) is 38.2 Å². The van der Waals surface area contributed by atoms with Crippen molar-refractivity contribution < 1.29 is 14.6 Å². The van der Waals surface area contributed by atoms with Gasteiger partial charge in [0.15, 0.2) is 0 Å². The highest BCUT2D eigenvalue weighted by atomic mass is 32.2. The topological polar surface area (TPSA) is 53.0 Å². The number of nitrogens with zero attached hydrogens (tertiary/aromatic N) is 2. The van der Waals surface area contributed by atoms with E-state index in [0.717, 1.165) is 41.5 Å². The molecule has 150 valence electrons. The van der Waals surface area contributed by atoms with E-state index in [0.29, 0.717) is 6.54 Å². The molecule has 0 aromatic heterocycles. The van der Waals surface area contributed by atoms with Gasteiger partial charge in [-0.05, 0) is 42.9 Å². The van der Waals surface area contributed by atoms with Crippen LogP contribution in [-0.4, -0.2) is 55.3 Å². The summed E-state index contributed by atoms with van der Waals surface area (Å²) < 4.78 is 5.23. The predicted molar refractivity (Wildman–Crippen MR) is 114 cm³/mol. The fourth-order valence-electron chi connectivity index (χ4n) is 3.44. The molecule has 0 radical (unpaired) electrons. The third kappa shape index (κ3) is 4.35. The fourth-order valence-corrected chi connectivity index (χ4v) is 4.71. The van der Waals surface area contributed by atoms with Gasteiger partial charge in [-0.2, -0.15) is 0 Å². The van der Waals surface area contributed by atoms with Crippen LogP contribution in [0.4, 0.5) is 5.69 Å². The Morgan fingerprint density at radius 1 is 1.11 bits per heavy atom. The molecule has 0 spiro atoms. The lowest BCUT2D eigenvalue weighted by Gasteiger charge is -2.28. The van der Waals surface area contributed by atoms with Crippen molar-refractivity contribution >= 4 is 23.4 Å². The van der Waals surface area contributed by atoms with E-state index in [9.17, 15) is 9.90 Å². The Bertz CT molecular complexity index is 793. The molecule has 1 N–H and O–H groups in total. The van der Waals surface area contributed by atoms with Crippen LogP contribution >= 0.6 is 11.8 Å². The third-order valence-electron chi connectivity index (χ3n) is 5.19. The van der Waals surface area contributed by atoms with Crippen molar-refractivity contribution in [3.05, 3.63) is 54.1 Å². The highest BCUT2D eigenvalue weighted by molar-refractivity contribution is 7.99. The number of benzene rings is 2. The fraction of sp³-hybridized carbons (Fsp3) is 0.409. The smallest absolute Gasteiger partial charge is 0.257 e. The summed E-state index contributed by atoms with van der Waals surface area (Å²) in [6, 6.07) is 15.5. The number of anilines is 1. The minimum absolute atomic E-state index is 0.245. The SMILES string of the molecule is CCN(CC)CCN1C(=O)C(O)C(c2ccc(OC)cc2)Sc2ccccc21. The second kappa shape index (κ2) is 9.45. The summed E-state index contributed by atoms with van der Waals surface area (Å²) in [6.07, 6.45) is -1.11. The number of para-hydroxylation sites is 1. The summed E-state index contributed by atoms with van der Waals surface area (Å²) in [5.74, 6) is 0.509. The van der Waals surface area contributed by atoms with Crippen molar-refractivity contribution in [1.29, 1.82) is 0 Å². The van der Waals surface area contributed by atoms with Gasteiger partial charge in [0.25, 0.3) is 5.91 Å². The Kier molecular flexibility index (Phi) is 6.99. The van der Waals surface area contributed by atoms with Crippen molar-refractivity contribution in [3.63, 3.8) is 0 Å². The molecule has 0 aliphatic carbocycles. The van der Waals surface area contributed by atoms with E-state index in [4.69, 9.17) is 4.74 Å². The number of amides is 1. The lowest BCUT2D eigenvalue weighted by Crippen LogP contribution is -2.44. The first-order valence-electron chi connectivity index (χ1n) is 9.70. The van der Waals surface area contributed by atoms with Crippen molar-refractivity contribution in [3.8, 4) is 5.75 Å². The molecule has 2 aromatic carbocycles. The highest BCUT2D eigenvalue weighted by Crippen LogP contribution is 2.45. The number of thioether (sulfide) groups is 1. The van der Waals surface area contributed by atoms with E-state index in [2.05, 4.69) is 18.7 Å². The van der Waals surface area contributed by atoms with E-state index in [1.807, 2.05) is 48.5 Å². The van der Waals surface area contributed by atoms with E-state index in [-0.39, 0.29) is 11.2 Å². The molecule has 2 unspecified atom stereocenters. The minimum Gasteiger partial charge on any atom is -0.497 e. The Morgan fingerprint density at radius 3 is 2.43 bits per heavy atom.